The average Bonchev–Trinajstić information content (AvgIpc) is 3.33. The molecule has 1 aromatic heterocycles. The molecule has 3 rings (SSSR count). The molecule has 0 bridgehead atoms. The molecule has 6 nitrogen and oxygen atoms in total. The van der Waals surface area contributed by atoms with Crippen LogP contribution in [0, 0.1) is 5.82 Å². The highest BCUT2D eigenvalue weighted by Crippen LogP contribution is 2.30. The molecular formula is C23H25FN2O4S2. The number of amides is 1. The fraction of sp³-hybridized carbons (Fsp3) is 0.261. The summed E-state index contributed by atoms with van der Waals surface area (Å²) in [5, 5.41) is 4.83. The summed E-state index contributed by atoms with van der Waals surface area (Å²) < 4.78 is 46.2. The first-order valence-electron chi connectivity index (χ1n) is 10.1. The molecule has 1 unspecified atom stereocenters. The van der Waals surface area contributed by atoms with Crippen molar-refractivity contribution in [1.29, 1.82) is 0 Å². The van der Waals surface area contributed by atoms with E-state index in [9.17, 15) is 17.6 Å². The van der Waals surface area contributed by atoms with E-state index in [-0.39, 0.29) is 22.0 Å². The maximum absolute atomic E-state index is 13.4. The van der Waals surface area contributed by atoms with Gasteiger partial charge in [0, 0.05) is 23.5 Å². The van der Waals surface area contributed by atoms with Crippen molar-refractivity contribution in [3.8, 4) is 5.75 Å². The van der Waals surface area contributed by atoms with Crippen molar-refractivity contribution in [2.75, 3.05) is 20.2 Å². The molecule has 0 saturated heterocycles. The Morgan fingerprint density at radius 3 is 2.38 bits per heavy atom. The van der Waals surface area contributed by atoms with Gasteiger partial charge < -0.3 is 10.1 Å². The predicted octanol–water partition coefficient (Wildman–Crippen LogP) is 4.45. The summed E-state index contributed by atoms with van der Waals surface area (Å²) in [6.07, 6.45) is 0. The van der Waals surface area contributed by atoms with Gasteiger partial charge in [-0.3, -0.25) is 4.79 Å². The van der Waals surface area contributed by atoms with Crippen LogP contribution in [-0.2, 0) is 10.0 Å². The van der Waals surface area contributed by atoms with Gasteiger partial charge in [0.05, 0.1) is 13.2 Å². The highest BCUT2D eigenvalue weighted by Gasteiger charge is 2.27. The van der Waals surface area contributed by atoms with Crippen molar-refractivity contribution in [2.24, 2.45) is 0 Å². The molecule has 1 heterocycles. The van der Waals surface area contributed by atoms with Gasteiger partial charge in [0.2, 0.25) is 10.0 Å². The number of halogens is 1. The maximum atomic E-state index is 13.4. The first-order chi connectivity index (χ1) is 15.3. The lowest BCUT2D eigenvalue weighted by atomic mass is 10.0. The number of carbonyl (C=O) groups excluding carboxylic acids is 1. The number of hydrogen-bond donors (Lipinski definition) is 1. The zero-order valence-electron chi connectivity index (χ0n) is 18.0. The number of nitrogens with one attached hydrogen (secondary N) is 1. The van der Waals surface area contributed by atoms with E-state index in [2.05, 4.69) is 5.32 Å². The van der Waals surface area contributed by atoms with Crippen molar-refractivity contribution in [1.82, 2.24) is 9.62 Å². The highest BCUT2D eigenvalue weighted by atomic mass is 32.2. The standard InChI is InChI=1S/C23H25FN2O4S2/c1-4-26(5-2)32(28,29)21-15-17(10-13-19(21)30-3)23(27)25-22(20-7-6-14-31-20)16-8-11-18(24)12-9-16/h6-15,22H,4-5H2,1-3H3,(H,25,27). The Balaban J connectivity index is 1.98. The minimum absolute atomic E-state index is 0.0641. The fourth-order valence-corrected chi connectivity index (χ4v) is 5.81. The molecule has 9 heteroatoms. The summed E-state index contributed by atoms with van der Waals surface area (Å²) in [5.74, 6) is -0.653. The second kappa shape index (κ2) is 10.2. The topological polar surface area (TPSA) is 75.7 Å². The van der Waals surface area contributed by atoms with Crippen LogP contribution in [0.2, 0.25) is 0 Å². The smallest absolute Gasteiger partial charge is 0.252 e. The third-order valence-electron chi connectivity index (χ3n) is 5.06. The Hall–Kier alpha value is -2.75. The third kappa shape index (κ3) is 5.01. The molecule has 0 aliphatic rings. The van der Waals surface area contributed by atoms with E-state index in [4.69, 9.17) is 4.74 Å². The largest absolute Gasteiger partial charge is 0.495 e. The molecule has 2 aromatic carbocycles. The molecule has 0 saturated carbocycles. The predicted molar refractivity (Wildman–Crippen MR) is 123 cm³/mol. The lowest BCUT2D eigenvalue weighted by Gasteiger charge is -2.21. The van der Waals surface area contributed by atoms with Gasteiger partial charge in [0.25, 0.3) is 5.91 Å². The van der Waals surface area contributed by atoms with Crippen LogP contribution in [0.4, 0.5) is 4.39 Å². The van der Waals surface area contributed by atoms with Crippen molar-refractivity contribution < 1.29 is 22.3 Å². The van der Waals surface area contributed by atoms with Gasteiger partial charge in [-0.05, 0) is 47.3 Å². The summed E-state index contributed by atoms with van der Waals surface area (Å²) in [5.41, 5.74) is 0.895. The Morgan fingerprint density at radius 2 is 1.81 bits per heavy atom. The molecule has 0 spiro atoms. The molecule has 0 fully saturated rings. The van der Waals surface area contributed by atoms with Crippen LogP contribution in [0.25, 0.3) is 0 Å². The zero-order chi connectivity index (χ0) is 23.3. The van der Waals surface area contributed by atoms with E-state index in [1.54, 1.807) is 26.0 Å². The first-order valence-corrected chi connectivity index (χ1v) is 12.4. The van der Waals surface area contributed by atoms with Gasteiger partial charge in [-0.2, -0.15) is 4.31 Å². The summed E-state index contributed by atoms with van der Waals surface area (Å²) in [6, 6.07) is 13.5. The van der Waals surface area contributed by atoms with Gasteiger partial charge >= 0.3 is 0 Å². The molecule has 3 aromatic rings. The third-order valence-corrected chi connectivity index (χ3v) is 8.06. The summed E-state index contributed by atoms with van der Waals surface area (Å²) in [4.78, 5) is 14.0. The minimum Gasteiger partial charge on any atom is -0.495 e. The van der Waals surface area contributed by atoms with Crippen LogP contribution < -0.4 is 10.1 Å². The molecule has 1 amide bonds. The van der Waals surface area contributed by atoms with Gasteiger partial charge in [-0.15, -0.1) is 11.3 Å². The van der Waals surface area contributed by atoms with Crippen molar-refractivity contribution in [3.05, 3.63) is 81.8 Å². The molecule has 0 aliphatic carbocycles. The monoisotopic (exact) mass is 476 g/mol. The van der Waals surface area contributed by atoms with Crippen molar-refractivity contribution in [3.63, 3.8) is 0 Å². The maximum Gasteiger partial charge on any atom is 0.252 e. The number of thiophene rings is 1. The summed E-state index contributed by atoms with van der Waals surface area (Å²) >= 11 is 1.46. The minimum atomic E-state index is -3.84. The number of nitrogens with zero attached hydrogens (tertiary/aromatic N) is 1. The molecular weight excluding hydrogens is 451 g/mol. The van der Waals surface area contributed by atoms with Crippen LogP contribution in [-0.4, -0.2) is 38.8 Å². The second-order valence-electron chi connectivity index (χ2n) is 6.93. The number of benzene rings is 2. The highest BCUT2D eigenvalue weighted by molar-refractivity contribution is 7.89. The second-order valence-corrected chi connectivity index (χ2v) is 9.81. The Kier molecular flexibility index (Phi) is 7.65. The Labute approximate surface area is 191 Å². The summed E-state index contributed by atoms with van der Waals surface area (Å²) in [7, 11) is -2.45. The van der Waals surface area contributed by atoms with E-state index >= 15 is 0 Å². The van der Waals surface area contributed by atoms with Crippen LogP contribution >= 0.6 is 11.3 Å². The average molecular weight is 477 g/mol. The SMILES string of the molecule is CCN(CC)S(=O)(=O)c1cc(C(=O)NC(c2ccc(F)cc2)c2cccs2)ccc1OC. The van der Waals surface area contributed by atoms with Gasteiger partial charge in [-0.25, -0.2) is 12.8 Å². The lowest BCUT2D eigenvalue weighted by Crippen LogP contribution is -2.32. The first kappa shape index (κ1) is 23.9. The van der Waals surface area contributed by atoms with Crippen molar-refractivity contribution >= 4 is 27.3 Å². The number of carbonyl (C=O) groups is 1. The number of rotatable bonds is 9. The van der Waals surface area contributed by atoms with Crippen LogP contribution in [0.15, 0.2) is 64.9 Å². The van der Waals surface area contributed by atoms with Crippen molar-refractivity contribution in [2.45, 2.75) is 24.8 Å². The molecule has 1 N–H and O–H groups in total. The van der Waals surface area contributed by atoms with Crippen LogP contribution in [0.5, 0.6) is 5.75 Å². The normalized spacial score (nSPS) is 12.5. The zero-order valence-corrected chi connectivity index (χ0v) is 19.7. The van der Waals surface area contributed by atoms with E-state index in [1.807, 2.05) is 17.5 Å². The van der Waals surface area contributed by atoms with Gasteiger partial charge in [0.1, 0.15) is 16.5 Å². The Morgan fingerprint density at radius 1 is 1.12 bits per heavy atom. The molecule has 32 heavy (non-hydrogen) atoms. The number of sulfonamides is 1. The van der Waals surface area contributed by atoms with E-state index in [0.29, 0.717) is 18.7 Å². The van der Waals surface area contributed by atoms with Crippen LogP contribution in [0.1, 0.15) is 40.7 Å². The number of hydrogen-bond acceptors (Lipinski definition) is 5. The lowest BCUT2D eigenvalue weighted by molar-refractivity contribution is 0.0943. The number of ether oxygens (including phenoxy) is 1. The van der Waals surface area contributed by atoms with Gasteiger partial charge in [0.15, 0.2) is 0 Å². The molecule has 170 valence electrons. The van der Waals surface area contributed by atoms with E-state index < -0.39 is 22.0 Å². The quantitative estimate of drug-likeness (QED) is 0.495. The molecule has 0 aliphatic heterocycles. The summed E-state index contributed by atoms with van der Waals surface area (Å²) in [6.45, 7) is 4.09. The van der Waals surface area contributed by atoms with E-state index in [1.165, 1.54) is 53.1 Å². The van der Waals surface area contributed by atoms with E-state index in [0.717, 1.165) is 4.88 Å². The molecule has 1 atom stereocenters. The van der Waals surface area contributed by atoms with Gasteiger partial charge in [-0.1, -0.05) is 32.0 Å². The number of methoxy groups -OCH3 is 1. The molecule has 0 radical (unpaired) electrons. The Bertz CT molecular complexity index is 1160. The van der Waals surface area contributed by atoms with Crippen LogP contribution in [0.3, 0.4) is 0 Å². The fourth-order valence-electron chi connectivity index (χ4n) is 3.37.